The second kappa shape index (κ2) is 14.1. The number of anilines is 1. The third-order valence-electron chi connectivity index (χ3n) is 11.6. The highest BCUT2D eigenvalue weighted by Gasteiger charge is 2.47. The van der Waals surface area contributed by atoms with Crippen molar-refractivity contribution in [1.29, 1.82) is 10.5 Å². The van der Waals surface area contributed by atoms with Gasteiger partial charge in [-0.15, -0.1) is 0 Å². The third-order valence-corrected chi connectivity index (χ3v) is 11.6. The molecule has 8 heterocycles. The standard InChI is InChI=1S/C41H35N13O4/c42-18-26-20-46-37-35(26)53(32(55)21-47-37)30-11-14-44-39(48-30)51-16-6-13-41(24-51)17-27(23-57-41)52-22-33(56)54(31-12-15-45-40(49-31)58-28-9-2-1-3-10-28)36-29(19-43)34(50-38(36)52)25-7-4-5-8-25/h1-3,9-12,14-15,20-22,25,27,50H,4-8,13,16-17,23-24H2/p+1. The molecule has 1 spiro atoms. The number of hydrogen-bond donors (Lipinski definition) is 2. The smallest absolute Gasteiger partial charge is 0.323 e. The summed E-state index contributed by atoms with van der Waals surface area (Å²) in [4.78, 5) is 58.6. The van der Waals surface area contributed by atoms with E-state index in [0.717, 1.165) is 44.2 Å². The Kier molecular flexibility index (Phi) is 8.53. The minimum absolute atomic E-state index is 0.0746. The SMILES string of the molecule is N#Cc1c[nH]c2ncc(=O)n(-c3ccnc(N4CCCC5(CC([n+]6cc(=O)n(-c7ccnc(Oc8ccccc8)n7)c7c(C#N)c(C8CCCC8)[nH]c76)CO5)C4)n3)c12. The highest BCUT2D eigenvalue weighted by atomic mass is 16.5. The number of ether oxygens (including phenoxy) is 2. The van der Waals surface area contributed by atoms with Crippen molar-refractivity contribution in [3.8, 4) is 35.5 Å². The molecule has 17 nitrogen and oxygen atoms in total. The van der Waals surface area contributed by atoms with Crippen LogP contribution in [0.25, 0.3) is 34.0 Å². The number of H-pyrrole nitrogens is 2. The summed E-state index contributed by atoms with van der Waals surface area (Å²) >= 11 is 0. The van der Waals surface area contributed by atoms with Gasteiger partial charge in [0.2, 0.25) is 5.95 Å². The highest BCUT2D eigenvalue weighted by molar-refractivity contribution is 5.81. The molecule has 1 saturated carbocycles. The molecule has 2 N–H and O–H groups in total. The van der Waals surface area contributed by atoms with Gasteiger partial charge < -0.3 is 19.4 Å². The van der Waals surface area contributed by atoms with E-state index in [0.29, 0.717) is 71.5 Å². The number of aromatic nitrogens is 10. The Morgan fingerprint density at radius 3 is 2.52 bits per heavy atom. The van der Waals surface area contributed by atoms with Crippen LogP contribution in [0.3, 0.4) is 0 Å². The lowest BCUT2D eigenvalue weighted by Crippen LogP contribution is -2.50. The molecule has 2 unspecified atom stereocenters. The van der Waals surface area contributed by atoms with Gasteiger partial charge in [-0.1, -0.05) is 31.0 Å². The monoisotopic (exact) mass is 774 g/mol. The molecule has 1 aliphatic carbocycles. The van der Waals surface area contributed by atoms with Gasteiger partial charge in [0.25, 0.3) is 11.1 Å². The van der Waals surface area contributed by atoms with Crippen LogP contribution in [0.4, 0.5) is 5.95 Å². The van der Waals surface area contributed by atoms with Crippen LogP contribution in [0, 0.1) is 22.7 Å². The molecule has 0 amide bonds. The van der Waals surface area contributed by atoms with Crippen molar-refractivity contribution in [3.05, 3.63) is 111 Å². The number of aromatic amines is 2. The van der Waals surface area contributed by atoms with Crippen molar-refractivity contribution in [2.45, 2.75) is 62.5 Å². The van der Waals surface area contributed by atoms with Gasteiger partial charge >= 0.3 is 11.7 Å². The minimum atomic E-state index is -0.582. The fourth-order valence-electron chi connectivity index (χ4n) is 9.00. The van der Waals surface area contributed by atoms with Crippen LogP contribution in [-0.2, 0) is 4.74 Å². The highest BCUT2D eigenvalue weighted by Crippen LogP contribution is 2.41. The number of para-hydroxylation sites is 1. The predicted octanol–water partition coefficient (Wildman–Crippen LogP) is 4.41. The van der Waals surface area contributed by atoms with Gasteiger partial charge in [-0.2, -0.15) is 20.5 Å². The summed E-state index contributed by atoms with van der Waals surface area (Å²) in [6, 6.07) is 16.9. The Labute approximate surface area is 329 Å². The number of nitriles is 2. The average molecular weight is 775 g/mol. The molecule has 3 aliphatic rings. The maximum atomic E-state index is 14.4. The zero-order chi connectivity index (χ0) is 39.4. The van der Waals surface area contributed by atoms with E-state index in [4.69, 9.17) is 14.5 Å². The molecule has 6 aromatic heterocycles. The van der Waals surface area contributed by atoms with E-state index >= 15 is 0 Å². The van der Waals surface area contributed by atoms with Gasteiger partial charge in [0.1, 0.15) is 52.3 Å². The lowest BCUT2D eigenvalue weighted by Gasteiger charge is -2.39. The van der Waals surface area contributed by atoms with Crippen LogP contribution in [0.15, 0.2) is 83.0 Å². The number of piperidine rings is 1. The fourth-order valence-corrected chi connectivity index (χ4v) is 9.00. The first-order chi connectivity index (χ1) is 28.4. The third kappa shape index (κ3) is 5.95. The number of fused-ring (bicyclic) bond motifs is 2. The number of benzene rings is 1. The van der Waals surface area contributed by atoms with Crippen LogP contribution in [0.2, 0.25) is 0 Å². The summed E-state index contributed by atoms with van der Waals surface area (Å²) in [6.07, 6.45) is 13.7. The van der Waals surface area contributed by atoms with E-state index in [1.54, 1.807) is 42.9 Å². The topological polar surface area (TPSA) is 213 Å². The van der Waals surface area contributed by atoms with Crippen molar-refractivity contribution < 1.29 is 14.0 Å². The Morgan fingerprint density at radius 2 is 1.71 bits per heavy atom. The molecule has 0 radical (unpaired) electrons. The maximum Gasteiger partial charge on any atom is 0.323 e. The number of hydrogen-bond acceptors (Lipinski definition) is 12. The van der Waals surface area contributed by atoms with E-state index in [2.05, 4.69) is 46.9 Å². The van der Waals surface area contributed by atoms with E-state index in [1.807, 2.05) is 22.8 Å². The molecule has 288 valence electrons. The molecule has 58 heavy (non-hydrogen) atoms. The molecule has 2 aliphatic heterocycles. The van der Waals surface area contributed by atoms with Crippen molar-refractivity contribution in [1.82, 2.24) is 44.0 Å². The minimum Gasteiger partial charge on any atom is -0.424 e. The van der Waals surface area contributed by atoms with Crippen LogP contribution in [-0.4, -0.2) is 69.3 Å². The molecule has 3 fully saturated rings. The Hall–Kier alpha value is -7.24. The summed E-state index contributed by atoms with van der Waals surface area (Å²) in [7, 11) is 0. The molecular weight excluding hydrogens is 739 g/mol. The summed E-state index contributed by atoms with van der Waals surface area (Å²) in [5.74, 6) is 1.76. The van der Waals surface area contributed by atoms with Gasteiger partial charge in [0.15, 0.2) is 17.4 Å². The van der Waals surface area contributed by atoms with E-state index in [-0.39, 0.29) is 34.9 Å². The van der Waals surface area contributed by atoms with Crippen molar-refractivity contribution >= 4 is 28.3 Å². The number of rotatable bonds is 7. The first-order valence-corrected chi connectivity index (χ1v) is 19.3. The summed E-state index contributed by atoms with van der Waals surface area (Å²) in [6.45, 7) is 1.49. The second-order valence-electron chi connectivity index (χ2n) is 15.1. The zero-order valence-corrected chi connectivity index (χ0v) is 31.2. The van der Waals surface area contributed by atoms with E-state index in [9.17, 15) is 20.1 Å². The first-order valence-electron chi connectivity index (χ1n) is 19.3. The summed E-state index contributed by atoms with van der Waals surface area (Å²) < 4.78 is 17.4. The lowest BCUT2D eigenvalue weighted by atomic mass is 9.88. The van der Waals surface area contributed by atoms with Gasteiger partial charge in [-0.25, -0.2) is 29.1 Å². The molecule has 1 aromatic carbocycles. The summed E-state index contributed by atoms with van der Waals surface area (Å²) in [5, 5.41) is 20.4. The van der Waals surface area contributed by atoms with Gasteiger partial charge in [-0.05, 0) is 37.8 Å². The maximum absolute atomic E-state index is 14.4. The van der Waals surface area contributed by atoms with Crippen LogP contribution < -0.4 is 25.3 Å². The van der Waals surface area contributed by atoms with Crippen molar-refractivity contribution in [2.75, 3.05) is 24.6 Å². The molecule has 7 aromatic rings. The molecule has 10 rings (SSSR count). The van der Waals surface area contributed by atoms with Crippen molar-refractivity contribution in [3.63, 3.8) is 0 Å². The Balaban J connectivity index is 1.00. The quantitative estimate of drug-likeness (QED) is 0.216. The number of nitrogens with one attached hydrogen (secondary N) is 2. The molecule has 2 atom stereocenters. The molecule has 17 heteroatoms. The predicted molar refractivity (Wildman–Crippen MR) is 208 cm³/mol. The van der Waals surface area contributed by atoms with E-state index in [1.165, 1.54) is 21.5 Å². The van der Waals surface area contributed by atoms with Gasteiger partial charge in [0.05, 0.1) is 30.5 Å². The first kappa shape index (κ1) is 35.2. The van der Waals surface area contributed by atoms with Gasteiger partial charge in [-0.3, -0.25) is 14.2 Å². The number of nitrogens with zero attached hydrogens (tertiary/aromatic N) is 11. The van der Waals surface area contributed by atoms with E-state index < -0.39 is 11.2 Å². The van der Waals surface area contributed by atoms with Gasteiger partial charge in [0, 0.05) is 49.6 Å². The van der Waals surface area contributed by atoms with Crippen LogP contribution in [0.1, 0.15) is 73.7 Å². The second-order valence-corrected chi connectivity index (χ2v) is 15.1. The molecule has 2 saturated heterocycles. The Morgan fingerprint density at radius 1 is 0.914 bits per heavy atom. The van der Waals surface area contributed by atoms with Crippen LogP contribution in [0.5, 0.6) is 11.8 Å². The Bertz CT molecular complexity index is 2930. The zero-order valence-electron chi connectivity index (χ0n) is 31.2. The molecule has 0 bridgehead atoms. The average Bonchev–Trinajstić information content (AvgIpc) is 4.08. The fraction of sp³-hybridized carbons (Fsp3) is 0.317. The van der Waals surface area contributed by atoms with Crippen molar-refractivity contribution in [2.24, 2.45) is 0 Å². The summed E-state index contributed by atoms with van der Waals surface area (Å²) in [5.41, 5.74) is 2.03. The lowest BCUT2D eigenvalue weighted by molar-refractivity contribution is -0.699. The molecular formula is C41H36N13O4+. The van der Waals surface area contributed by atoms with Crippen LogP contribution >= 0.6 is 0 Å². The largest absolute Gasteiger partial charge is 0.424 e. The normalized spacial score (nSPS) is 19.6.